The molecule has 1 unspecified atom stereocenters. The molecule has 7 heteroatoms. The molecule has 1 aromatic heterocycles. The van der Waals surface area contributed by atoms with Gasteiger partial charge in [-0.15, -0.1) is 0 Å². The smallest absolute Gasteiger partial charge is 0.254 e. The molecular weight excluding hydrogens is 478 g/mol. The maximum atomic E-state index is 13.6. The minimum atomic E-state index is -0.0275. The molecule has 2 aliphatic rings. The van der Waals surface area contributed by atoms with E-state index in [1.54, 1.807) is 10.9 Å². The molecule has 3 heterocycles. The predicted molar refractivity (Wildman–Crippen MR) is 145 cm³/mol. The highest BCUT2D eigenvalue weighted by Crippen LogP contribution is 2.40. The third-order valence-corrected chi connectivity index (χ3v) is 7.23. The van der Waals surface area contributed by atoms with Gasteiger partial charge in [0, 0.05) is 42.6 Å². The van der Waals surface area contributed by atoms with Crippen molar-refractivity contribution in [2.24, 2.45) is 5.92 Å². The van der Waals surface area contributed by atoms with Gasteiger partial charge in [0.05, 0.1) is 25.4 Å². The molecule has 6 rings (SSSR count). The number of ether oxygens (including phenoxy) is 3. The van der Waals surface area contributed by atoms with Crippen LogP contribution in [0.5, 0.6) is 11.5 Å². The summed E-state index contributed by atoms with van der Waals surface area (Å²) in [5.41, 5.74) is 5.87. The van der Waals surface area contributed by atoms with E-state index in [0.29, 0.717) is 37.8 Å². The Kier molecular flexibility index (Phi) is 6.84. The first kappa shape index (κ1) is 24.2. The lowest BCUT2D eigenvalue weighted by Gasteiger charge is -2.21. The number of nitrogens with zero attached hydrogens (tertiary/aromatic N) is 3. The van der Waals surface area contributed by atoms with Crippen molar-refractivity contribution in [3.63, 3.8) is 0 Å². The van der Waals surface area contributed by atoms with Gasteiger partial charge in [0.15, 0.2) is 11.5 Å². The first-order valence-electron chi connectivity index (χ1n) is 13.1. The summed E-state index contributed by atoms with van der Waals surface area (Å²) in [7, 11) is 0. The van der Waals surface area contributed by atoms with Crippen molar-refractivity contribution >= 4 is 5.91 Å². The fraction of sp³-hybridized carbons (Fsp3) is 0.290. The van der Waals surface area contributed by atoms with Gasteiger partial charge in [-0.25, -0.2) is 4.68 Å². The predicted octanol–water partition coefficient (Wildman–Crippen LogP) is 5.30. The zero-order valence-corrected chi connectivity index (χ0v) is 21.5. The van der Waals surface area contributed by atoms with E-state index < -0.39 is 0 Å². The maximum Gasteiger partial charge on any atom is 0.254 e. The highest BCUT2D eigenvalue weighted by atomic mass is 16.5. The summed E-state index contributed by atoms with van der Waals surface area (Å²) >= 11 is 0. The standard InChI is InChI=1S/C31H31N3O4/c1-22-5-2-3-6-28(22)25-17-26-19-33(31(35)24-7-9-27(10-8-24)34-13-4-12-32-34)14-16-37-30(26)29(18-25)38-21-23-11-15-36-20-23/h2-10,12-13,17-18,23H,11,14-16,19-21H2,1H3. The molecule has 1 atom stereocenters. The molecule has 0 aliphatic carbocycles. The minimum absolute atomic E-state index is 0.0275. The van der Waals surface area contributed by atoms with Crippen LogP contribution in [0.4, 0.5) is 0 Å². The number of aromatic nitrogens is 2. The third kappa shape index (κ3) is 5.02. The molecule has 0 bridgehead atoms. The van der Waals surface area contributed by atoms with E-state index in [1.165, 1.54) is 5.56 Å². The van der Waals surface area contributed by atoms with Gasteiger partial charge >= 0.3 is 0 Å². The number of carbonyl (C=O) groups is 1. The van der Waals surface area contributed by atoms with E-state index >= 15 is 0 Å². The summed E-state index contributed by atoms with van der Waals surface area (Å²) in [6, 6.07) is 21.9. The summed E-state index contributed by atoms with van der Waals surface area (Å²) in [4.78, 5) is 15.4. The molecular formula is C31H31N3O4. The molecule has 0 saturated carbocycles. The van der Waals surface area contributed by atoms with Gasteiger partial charge in [-0.2, -0.15) is 5.10 Å². The first-order chi connectivity index (χ1) is 18.7. The molecule has 38 heavy (non-hydrogen) atoms. The van der Waals surface area contributed by atoms with Gasteiger partial charge in [0.1, 0.15) is 6.61 Å². The van der Waals surface area contributed by atoms with Crippen molar-refractivity contribution < 1.29 is 19.0 Å². The van der Waals surface area contributed by atoms with E-state index in [1.807, 2.05) is 53.6 Å². The van der Waals surface area contributed by atoms with Gasteiger partial charge in [-0.3, -0.25) is 4.79 Å². The zero-order valence-electron chi connectivity index (χ0n) is 21.5. The number of hydrogen-bond acceptors (Lipinski definition) is 5. The van der Waals surface area contributed by atoms with Crippen molar-refractivity contribution in [3.05, 3.63) is 95.8 Å². The lowest BCUT2D eigenvalue weighted by Crippen LogP contribution is -2.32. The van der Waals surface area contributed by atoms with Crippen LogP contribution in [0.15, 0.2) is 79.1 Å². The first-order valence-corrected chi connectivity index (χ1v) is 13.1. The van der Waals surface area contributed by atoms with Gasteiger partial charge in [-0.1, -0.05) is 24.3 Å². The molecule has 2 aliphatic heterocycles. The Morgan fingerprint density at radius 1 is 1.08 bits per heavy atom. The molecule has 0 N–H and O–H groups in total. The molecule has 1 fully saturated rings. The molecule has 1 saturated heterocycles. The average molecular weight is 510 g/mol. The van der Waals surface area contributed by atoms with Crippen LogP contribution in [-0.2, 0) is 11.3 Å². The Morgan fingerprint density at radius 3 is 2.71 bits per heavy atom. The van der Waals surface area contributed by atoms with Gasteiger partial charge in [0.25, 0.3) is 5.91 Å². The van der Waals surface area contributed by atoms with Crippen LogP contribution >= 0.6 is 0 Å². The summed E-state index contributed by atoms with van der Waals surface area (Å²) in [5.74, 6) is 1.80. The third-order valence-electron chi connectivity index (χ3n) is 7.23. The Morgan fingerprint density at radius 2 is 1.95 bits per heavy atom. The van der Waals surface area contributed by atoms with E-state index in [2.05, 4.69) is 36.3 Å². The van der Waals surface area contributed by atoms with Crippen molar-refractivity contribution in [2.45, 2.75) is 19.9 Å². The highest BCUT2D eigenvalue weighted by molar-refractivity contribution is 5.94. The molecule has 1 amide bonds. The molecule has 194 valence electrons. The van der Waals surface area contributed by atoms with E-state index in [9.17, 15) is 4.79 Å². The number of rotatable bonds is 6. The number of carbonyl (C=O) groups excluding carboxylic acids is 1. The number of fused-ring (bicyclic) bond motifs is 1. The summed E-state index contributed by atoms with van der Waals surface area (Å²) in [6.45, 7) is 5.53. The molecule has 0 radical (unpaired) electrons. The topological polar surface area (TPSA) is 65.8 Å². The van der Waals surface area contributed by atoms with Crippen LogP contribution in [0.3, 0.4) is 0 Å². The van der Waals surface area contributed by atoms with Crippen molar-refractivity contribution in [3.8, 4) is 28.3 Å². The van der Waals surface area contributed by atoms with E-state index in [4.69, 9.17) is 14.2 Å². The highest BCUT2D eigenvalue weighted by Gasteiger charge is 2.26. The molecule has 3 aromatic carbocycles. The quantitative estimate of drug-likeness (QED) is 0.353. The van der Waals surface area contributed by atoms with Crippen LogP contribution in [0.2, 0.25) is 0 Å². The van der Waals surface area contributed by atoms with E-state index in [-0.39, 0.29) is 5.91 Å². The zero-order chi connectivity index (χ0) is 25.9. The second-order valence-corrected chi connectivity index (χ2v) is 9.89. The molecule has 4 aromatic rings. The number of aryl methyl sites for hydroxylation is 1. The van der Waals surface area contributed by atoms with Gasteiger partial charge < -0.3 is 19.1 Å². The van der Waals surface area contributed by atoms with Gasteiger partial charge in [0.2, 0.25) is 0 Å². The SMILES string of the molecule is Cc1ccccc1-c1cc2c(c(OCC3CCOC3)c1)OCCN(C(=O)c1ccc(-n3cccn3)cc1)C2. The van der Waals surface area contributed by atoms with Crippen molar-refractivity contribution in [1.82, 2.24) is 14.7 Å². The van der Waals surface area contributed by atoms with Crippen LogP contribution in [0, 0.1) is 12.8 Å². The summed E-state index contributed by atoms with van der Waals surface area (Å²) in [6.07, 6.45) is 4.62. The lowest BCUT2D eigenvalue weighted by atomic mass is 9.97. The average Bonchev–Trinajstić information content (AvgIpc) is 3.63. The van der Waals surface area contributed by atoms with Crippen molar-refractivity contribution in [1.29, 1.82) is 0 Å². The minimum Gasteiger partial charge on any atom is -0.489 e. The van der Waals surface area contributed by atoms with Gasteiger partial charge in [-0.05, 0) is 72.5 Å². The normalized spacial score (nSPS) is 17.0. The van der Waals surface area contributed by atoms with Crippen molar-refractivity contribution in [2.75, 3.05) is 33.0 Å². The summed E-state index contributed by atoms with van der Waals surface area (Å²) in [5, 5.41) is 4.26. The Labute approximate surface area is 222 Å². The monoisotopic (exact) mass is 509 g/mol. The number of hydrogen-bond donors (Lipinski definition) is 0. The summed E-state index contributed by atoms with van der Waals surface area (Å²) < 4.78 is 19.9. The number of benzene rings is 3. The van der Waals surface area contributed by atoms with Crippen LogP contribution in [-0.4, -0.2) is 53.6 Å². The van der Waals surface area contributed by atoms with Crippen LogP contribution in [0.1, 0.15) is 27.9 Å². The fourth-order valence-electron chi connectivity index (χ4n) is 5.10. The van der Waals surface area contributed by atoms with E-state index in [0.717, 1.165) is 53.5 Å². The largest absolute Gasteiger partial charge is 0.489 e. The maximum absolute atomic E-state index is 13.6. The Balaban J connectivity index is 1.30. The Bertz CT molecular complexity index is 1410. The lowest BCUT2D eigenvalue weighted by molar-refractivity contribution is 0.0733. The number of amides is 1. The van der Waals surface area contributed by atoms with Crippen LogP contribution < -0.4 is 9.47 Å². The molecule has 0 spiro atoms. The Hall–Kier alpha value is -4.10. The second kappa shape index (κ2) is 10.7. The molecule has 7 nitrogen and oxygen atoms in total. The fourth-order valence-corrected chi connectivity index (χ4v) is 5.10. The van der Waals surface area contributed by atoms with Crippen LogP contribution in [0.25, 0.3) is 16.8 Å². The second-order valence-electron chi connectivity index (χ2n) is 9.89.